The molecule has 0 radical (unpaired) electrons. The average molecular weight is 228 g/mol. The number of likely N-dealkylation sites (tertiary alicyclic amines) is 1. The summed E-state index contributed by atoms with van der Waals surface area (Å²) in [4.78, 5) is 15.6. The second kappa shape index (κ2) is 5.64. The zero-order valence-corrected chi connectivity index (χ0v) is 10.8. The normalized spacial score (nSPS) is 26.9. The lowest BCUT2D eigenvalue weighted by atomic mass is 9.91. The second-order valence-corrected chi connectivity index (χ2v) is 5.31. The molecule has 0 aromatic heterocycles. The third kappa shape index (κ3) is 3.19. The van der Waals surface area contributed by atoms with Crippen LogP contribution in [0.3, 0.4) is 0 Å². The molecule has 0 aromatic carbocycles. The number of carboxylic acid groups (broad SMARTS) is 1. The average Bonchev–Trinajstić information content (AvgIpc) is 2.57. The predicted molar refractivity (Wildman–Crippen MR) is 64.5 cm³/mol. The first-order valence-electron chi connectivity index (χ1n) is 6.05. The Bertz CT molecular complexity index is 241. The Morgan fingerprint density at radius 1 is 1.50 bits per heavy atom. The molecule has 1 N–H and O–H groups in total. The van der Waals surface area contributed by atoms with E-state index in [0.717, 1.165) is 26.1 Å². The molecule has 0 aliphatic carbocycles. The van der Waals surface area contributed by atoms with E-state index < -0.39 is 5.97 Å². The van der Waals surface area contributed by atoms with Crippen molar-refractivity contribution >= 4 is 5.97 Å². The van der Waals surface area contributed by atoms with E-state index in [4.69, 9.17) is 0 Å². The Hall–Kier alpha value is -0.610. The van der Waals surface area contributed by atoms with Crippen LogP contribution in [-0.4, -0.2) is 60.6 Å². The van der Waals surface area contributed by atoms with Crippen LogP contribution in [0.25, 0.3) is 0 Å². The van der Waals surface area contributed by atoms with Crippen LogP contribution in [0, 0.1) is 11.8 Å². The molecule has 0 bridgehead atoms. The van der Waals surface area contributed by atoms with Crippen LogP contribution in [-0.2, 0) is 4.79 Å². The Labute approximate surface area is 98.2 Å². The van der Waals surface area contributed by atoms with Gasteiger partial charge >= 0.3 is 5.97 Å². The fourth-order valence-corrected chi connectivity index (χ4v) is 2.62. The largest absolute Gasteiger partial charge is 0.481 e. The minimum Gasteiger partial charge on any atom is -0.481 e. The lowest BCUT2D eigenvalue weighted by Crippen LogP contribution is -2.42. The van der Waals surface area contributed by atoms with Crippen LogP contribution < -0.4 is 0 Å². The highest BCUT2D eigenvalue weighted by atomic mass is 16.4. The number of rotatable bonds is 5. The lowest BCUT2D eigenvalue weighted by Gasteiger charge is -2.30. The first kappa shape index (κ1) is 13.5. The molecule has 1 aliphatic heterocycles. The number of carbonyl (C=O) groups is 1. The molecule has 0 amide bonds. The monoisotopic (exact) mass is 228 g/mol. The number of carboxylic acids is 1. The molecule has 16 heavy (non-hydrogen) atoms. The highest BCUT2D eigenvalue weighted by Gasteiger charge is 2.39. The first-order valence-corrected chi connectivity index (χ1v) is 6.05. The maximum atomic E-state index is 11.2. The van der Waals surface area contributed by atoms with Crippen LogP contribution >= 0.6 is 0 Å². The van der Waals surface area contributed by atoms with Crippen molar-refractivity contribution in [1.82, 2.24) is 9.80 Å². The Morgan fingerprint density at radius 2 is 2.12 bits per heavy atom. The van der Waals surface area contributed by atoms with Gasteiger partial charge in [-0.1, -0.05) is 13.8 Å². The predicted octanol–water partition coefficient (Wildman–Crippen LogP) is 0.979. The van der Waals surface area contributed by atoms with Crippen molar-refractivity contribution < 1.29 is 9.90 Å². The molecule has 4 heteroatoms. The zero-order chi connectivity index (χ0) is 12.3. The van der Waals surface area contributed by atoms with Gasteiger partial charge in [-0.25, -0.2) is 0 Å². The Kier molecular flexibility index (Phi) is 4.74. The van der Waals surface area contributed by atoms with Gasteiger partial charge in [0.1, 0.15) is 0 Å². The standard InChI is InChI=1S/C12H24N2O2/c1-9(2)11-10(12(15)16)5-6-14(11)8-7-13(3)4/h9-11H,5-8H2,1-4H3,(H,15,16)/t10-,11+/m0/s1. The van der Waals surface area contributed by atoms with Crippen LogP contribution in [0.4, 0.5) is 0 Å². The van der Waals surface area contributed by atoms with Gasteiger partial charge in [-0.05, 0) is 33.0 Å². The van der Waals surface area contributed by atoms with Crippen LogP contribution in [0.15, 0.2) is 0 Å². The van der Waals surface area contributed by atoms with E-state index in [-0.39, 0.29) is 12.0 Å². The van der Waals surface area contributed by atoms with Gasteiger partial charge in [0, 0.05) is 19.1 Å². The molecule has 1 aliphatic rings. The van der Waals surface area contributed by atoms with Crippen LogP contribution in [0.5, 0.6) is 0 Å². The van der Waals surface area contributed by atoms with E-state index in [2.05, 4.69) is 37.7 Å². The highest BCUT2D eigenvalue weighted by Crippen LogP contribution is 2.29. The molecule has 1 rings (SSSR count). The molecule has 94 valence electrons. The minimum atomic E-state index is -0.633. The third-order valence-corrected chi connectivity index (χ3v) is 3.40. The van der Waals surface area contributed by atoms with Crippen LogP contribution in [0.2, 0.25) is 0 Å². The molecule has 2 atom stereocenters. The van der Waals surface area contributed by atoms with Gasteiger partial charge in [-0.3, -0.25) is 9.69 Å². The van der Waals surface area contributed by atoms with Crippen molar-refractivity contribution in [3.8, 4) is 0 Å². The van der Waals surface area contributed by atoms with Gasteiger partial charge in [0.05, 0.1) is 5.92 Å². The fourth-order valence-electron chi connectivity index (χ4n) is 2.62. The summed E-state index contributed by atoms with van der Waals surface area (Å²) >= 11 is 0. The highest BCUT2D eigenvalue weighted by molar-refractivity contribution is 5.71. The van der Waals surface area contributed by atoms with Gasteiger partial charge in [0.25, 0.3) is 0 Å². The van der Waals surface area contributed by atoms with Gasteiger partial charge in [0.15, 0.2) is 0 Å². The molecule has 0 spiro atoms. The summed E-state index contributed by atoms with van der Waals surface area (Å²) in [5, 5.41) is 9.19. The van der Waals surface area contributed by atoms with Gasteiger partial charge in [0.2, 0.25) is 0 Å². The summed E-state index contributed by atoms with van der Waals surface area (Å²) < 4.78 is 0. The molecule has 0 unspecified atom stereocenters. The molecule has 4 nitrogen and oxygen atoms in total. The van der Waals surface area contributed by atoms with Crippen molar-refractivity contribution in [1.29, 1.82) is 0 Å². The maximum Gasteiger partial charge on any atom is 0.308 e. The van der Waals surface area contributed by atoms with Gasteiger partial charge < -0.3 is 10.0 Å². The molecule has 0 aromatic rings. The first-order chi connectivity index (χ1) is 7.43. The summed E-state index contributed by atoms with van der Waals surface area (Å²) in [6.07, 6.45) is 0.797. The van der Waals surface area contributed by atoms with E-state index in [0.29, 0.717) is 5.92 Å². The minimum absolute atomic E-state index is 0.179. The summed E-state index contributed by atoms with van der Waals surface area (Å²) in [6, 6.07) is 0.206. The molecule has 1 fully saturated rings. The number of hydrogen-bond donors (Lipinski definition) is 1. The van der Waals surface area contributed by atoms with Crippen molar-refractivity contribution in [3.05, 3.63) is 0 Å². The van der Waals surface area contributed by atoms with Crippen molar-refractivity contribution in [2.45, 2.75) is 26.3 Å². The van der Waals surface area contributed by atoms with Gasteiger partial charge in [-0.15, -0.1) is 0 Å². The van der Waals surface area contributed by atoms with E-state index in [9.17, 15) is 9.90 Å². The van der Waals surface area contributed by atoms with Gasteiger partial charge in [-0.2, -0.15) is 0 Å². The van der Waals surface area contributed by atoms with Crippen molar-refractivity contribution in [2.75, 3.05) is 33.7 Å². The molecular formula is C12H24N2O2. The molecular weight excluding hydrogens is 204 g/mol. The number of hydrogen-bond acceptors (Lipinski definition) is 3. The molecule has 1 saturated heterocycles. The fraction of sp³-hybridized carbons (Fsp3) is 0.917. The third-order valence-electron chi connectivity index (χ3n) is 3.40. The molecule has 0 saturated carbocycles. The molecule has 1 heterocycles. The smallest absolute Gasteiger partial charge is 0.308 e. The maximum absolute atomic E-state index is 11.2. The van der Waals surface area contributed by atoms with Crippen LogP contribution in [0.1, 0.15) is 20.3 Å². The van der Waals surface area contributed by atoms with E-state index in [1.165, 1.54) is 0 Å². The van der Waals surface area contributed by atoms with E-state index >= 15 is 0 Å². The van der Waals surface area contributed by atoms with Crippen molar-refractivity contribution in [2.24, 2.45) is 11.8 Å². The summed E-state index contributed by atoms with van der Waals surface area (Å²) in [5.41, 5.74) is 0. The number of nitrogens with zero attached hydrogens (tertiary/aromatic N) is 2. The number of aliphatic carboxylic acids is 1. The number of likely N-dealkylation sites (N-methyl/N-ethyl adjacent to an activating group) is 1. The quantitative estimate of drug-likeness (QED) is 0.762. The topological polar surface area (TPSA) is 43.8 Å². The van der Waals surface area contributed by atoms with E-state index in [1.54, 1.807) is 0 Å². The summed E-state index contributed by atoms with van der Waals surface area (Å²) in [6.45, 7) is 7.13. The lowest BCUT2D eigenvalue weighted by molar-refractivity contribution is -0.143. The summed E-state index contributed by atoms with van der Waals surface area (Å²) in [5.74, 6) is -0.404. The Morgan fingerprint density at radius 3 is 2.56 bits per heavy atom. The Balaban J connectivity index is 2.61. The van der Waals surface area contributed by atoms with Crippen molar-refractivity contribution in [3.63, 3.8) is 0 Å². The van der Waals surface area contributed by atoms with E-state index in [1.807, 2.05) is 0 Å². The second-order valence-electron chi connectivity index (χ2n) is 5.31. The SMILES string of the molecule is CC(C)[C@@H]1[C@@H](C(=O)O)CCN1CCN(C)C. The zero-order valence-electron chi connectivity index (χ0n) is 10.8. The summed E-state index contributed by atoms with van der Waals surface area (Å²) in [7, 11) is 4.10.